The van der Waals surface area contributed by atoms with Gasteiger partial charge in [0.1, 0.15) is 9.88 Å². The number of amides is 1. The monoisotopic (exact) mass is 436 g/mol. The van der Waals surface area contributed by atoms with Gasteiger partial charge in [0.15, 0.2) is 6.10 Å². The summed E-state index contributed by atoms with van der Waals surface area (Å²) in [6.07, 6.45) is -0.886. The molecule has 152 valence electrons. The number of likely N-dealkylation sites (N-methyl/N-ethyl adjacent to an activating group) is 1. The number of aromatic nitrogens is 1. The summed E-state index contributed by atoms with van der Waals surface area (Å²) in [4.78, 5) is 32.1. The van der Waals surface area contributed by atoms with Crippen LogP contribution in [0.15, 0.2) is 66.0 Å². The highest BCUT2D eigenvalue weighted by Crippen LogP contribution is 2.29. The topological polar surface area (TPSA) is 59.5 Å². The van der Waals surface area contributed by atoms with Crippen molar-refractivity contribution in [3.05, 3.63) is 75.9 Å². The fourth-order valence-corrected chi connectivity index (χ4v) is 4.97. The molecule has 5 nitrogen and oxygen atoms in total. The van der Waals surface area contributed by atoms with Gasteiger partial charge in [-0.05, 0) is 36.1 Å². The van der Waals surface area contributed by atoms with Gasteiger partial charge in [-0.2, -0.15) is 0 Å². The van der Waals surface area contributed by atoms with E-state index < -0.39 is 12.1 Å². The van der Waals surface area contributed by atoms with E-state index in [9.17, 15) is 9.59 Å². The van der Waals surface area contributed by atoms with E-state index in [0.717, 1.165) is 26.4 Å². The van der Waals surface area contributed by atoms with E-state index in [0.29, 0.717) is 11.4 Å². The summed E-state index contributed by atoms with van der Waals surface area (Å²) in [7, 11) is 1.69. The SMILES string of the molecule is CC(OC(=O)c1sccc1-c1ccccc1)C(=O)N(C)Cc1nc2ccccc2s1. The first-order chi connectivity index (χ1) is 14.5. The van der Waals surface area contributed by atoms with Gasteiger partial charge in [-0.15, -0.1) is 22.7 Å². The summed E-state index contributed by atoms with van der Waals surface area (Å²) < 4.78 is 6.58. The first kappa shape index (κ1) is 20.3. The number of benzene rings is 2. The van der Waals surface area contributed by atoms with Crippen LogP contribution in [-0.4, -0.2) is 34.9 Å². The molecule has 1 atom stereocenters. The maximum Gasteiger partial charge on any atom is 0.349 e. The second kappa shape index (κ2) is 8.77. The molecule has 0 aliphatic heterocycles. The molecule has 0 fully saturated rings. The average Bonchev–Trinajstić information content (AvgIpc) is 3.40. The summed E-state index contributed by atoms with van der Waals surface area (Å²) in [6, 6.07) is 19.4. The molecular weight excluding hydrogens is 416 g/mol. The van der Waals surface area contributed by atoms with Gasteiger partial charge in [-0.3, -0.25) is 4.79 Å². The number of ether oxygens (including phenoxy) is 1. The molecular formula is C23H20N2O3S2. The molecule has 2 aromatic heterocycles. The number of carbonyl (C=O) groups is 2. The molecule has 0 spiro atoms. The zero-order chi connectivity index (χ0) is 21.1. The number of para-hydroxylation sites is 1. The van der Waals surface area contributed by atoms with Crippen molar-refractivity contribution >= 4 is 44.8 Å². The quantitative estimate of drug-likeness (QED) is 0.389. The molecule has 2 heterocycles. The van der Waals surface area contributed by atoms with Crippen molar-refractivity contribution in [2.75, 3.05) is 7.05 Å². The standard InChI is InChI=1S/C23H20N2O3S2/c1-15(22(26)25(2)14-20-24-18-10-6-7-11-19(18)30-20)28-23(27)21-17(12-13-29-21)16-8-4-3-5-9-16/h3-13,15H,14H2,1-2H3. The lowest BCUT2D eigenvalue weighted by Gasteiger charge is -2.20. The van der Waals surface area contributed by atoms with E-state index in [4.69, 9.17) is 4.74 Å². The highest BCUT2D eigenvalue weighted by Gasteiger charge is 2.25. The van der Waals surface area contributed by atoms with Gasteiger partial charge in [-0.1, -0.05) is 42.5 Å². The maximum atomic E-state index is 12.8. The first-order valence-electron chi connectivity index (χ1n) is 9.46. The molecule has 30 heavy (non-hydrogen) atoms. The van der Waals surface area contributed by atoms with Crippen LogP contribution < -0.4 is 0 Å². The Morgan fingerprint density at radius 1 is 1.07 bits per heavy atom. The Morgan fingerprint density at radius 2 is 1.80 bits per heavy atom. The van der Waals surface area contributed by atoms with Gasteiger partial charge in [0.25, 0.3) is 5.91 Å². The van der Waals surface area contributed by atoms with Crippen molar-refractivity contribution in [1.82, 2.24) is 9.88 Å². The number of fused-ring (bicyclic) bond motifs is 1. The van der Waals surface area contributed by atoms with Crippen LogP contribution in [0, 0.1) is 0 Å². The second-order valence-electron chi connectivity index (χ2n) is 6.85. The van der Waals surface area contributed by atoms with Gasteiger partial charge in [0, 0.05) is 12.6 Å². The predicted molar refractivity (Wildman–Crippen MR) is 121 cm³/mol. The molecule has 0 radical (unpaired) electrons. The number of esters is 1. The number of thiazole rings is 1. The largest absolute Gasteiger partial charge is 0.448 e. The lowest BCUT2D eigenvalue weighted by atomic mass is 10.1. The number of carbonyl (C=O) groups excluding carboxylic acids is 2. The van der Waals surface area contributed by atoms with Gasteiger partial charge < -0.3 is 9.64 Å². The summed E-state index contributed by atoms with van der Waals surface area (Å²) in [5, 5.41) is 2.69. The molecule has 7 heteroatoms. The Bertz CT molecular complexity index is 1150. The molecule has 0 saturated heterocycles. The van der Waals surface area contributed by atoms with Crippen molar-refractivity contribution in [2.45, 2.75) is 19.6 Å². The minimum absolute atomic E-state index is 0.263. The summed E-state index contributed by atoms with van der Waals surface area (Å²) >= 11 is 2.87. The highest BCUT2D eigenvalue weighted by atomic mass is 32.1. The fourth-order valence-electron chi connectivity index (χ4n) is 3.16. The van der Waals surface area contributed by atoms with Crippen molar-refractivity contribution in [2.24, 2.45) is 0 Å². The molecule has 4 rings (SSSR count). The number of thiophene rings is 1. The number of hydrogen-bond donors (Lipinski definition) is 0. The summed E-state index contributed by atoms with van der Waals surface area (Å²) in [6.45, 7) is 1.97. The molecule has 1 amide bonds. The summed E-state index contributed by atoms with van der Waals surface area (Å²) in [5.41, 5.74) is 2.68. The van der Waals surface area contributed by atoms with Gasteiger partial charge >= 0.3 is 5.97 Å². The molecule has 1 unspecified atom stereocenters. The van der Waals surface area contributed by atoms with Crippen molar-refractivity contribution in [3.8, 4) is 11.1 Å². The lowest BCUT2D eigenvalue weighted by Crippen LogP contribution is -2.37. The Balaban J connectivity index is 1.42. The maximum absolute atomic E-state index is 12.8. The summed E-state index contributed by atoms with van der Waals surface area (Å²) in [5.74, 6) is -0.751. The van der Waals surface area contributed by atoms with Gasteiger partial charge in [0.05, 0.1) is 16.8 Å². The Kier molecular flexibility index (Phi) is 5.92. The fraction of sp³-hybridized carbons (Fsp3) is 0.174. The molecule has 4 aromatic rings. The van der Waals surface area contributed by atoms with E-state index in [1.165, 1.54) is 11.3 Å². The second-order valence-corrected chi connectivity index (χ2v) is 8.88. The smallest absolute Gasteiger partial charge is 0.349 e. The molecule has 0 bridgehead atoms. The average molecular weight is 437 g/mol. The molecule has 0 aliphatic rings. The van der Waals surface area contributed by atoms with Crippen molar-refractivity contribution in [3.63, 3.8) is 0 Å². The van der Waals surface area contributed by atoms with E-state index in [-0.39, 0.29) is 5.91 Å². The number of rotatable bonds is 6. The predicted octanol–water partition coefficient (Wildman–Crippen LogP) is 5.23. The van der Waals surface area contributed by atoms with Crippen LogP contribution in [0.25, 0.3) is 21.3 Å². The van der Waals surface area contributed by atoms with Gasteiger partial charge in [0.2, 0.25) is 0 Å². The third-order valence-corrected chi connectivity index (χ3v) is 6.57. The Morgan fingerprint density at radius 3 is 2.57 bits per heavy atom. The Hall–Kier alpha value is -3.03. The normalized spacial score (nSPS) is 11.9. The van der Waals surface area contributed by atoms with E-state index in [2.05, 4.69) is 4.98 Å². The molecule has 0 saturated carbocycles. The van der Waals surface area contributed by atoms with Crippen LogP contribution in [0.4, 0.5) is 0 Å². The first-order valence-corrected chi connectivity index (χ1v) is 11.2. The number of hydrogen-bond acceptors (Lipinski definition) is 6. The van der Waals surface area contributed by atoms with Crippen molar-refractivity contribution < 1.29 is 14.3 Å². The van der Waals surface area contributed by atoms with E-state index in [1.54, 1.807) is 30.2 Å². The lowest BCUT2D eigenvalue weighted by molar-refractivity contribution is -0.139. The zero-order valence-corrected chi connectivity index (χ0v) is 18.2. The van der Waals surface area contributed by atoms with Crippen molar-refractivity contribution in [1.29, 1.82) is 0 Å². The van der Waals surface area contributed by atoms with E-state index >= 15 is 0 Å². The Labute approximate surface area is 182 Å². The minimum Gasteiger partial charge on any atom is -0.448 e. The zero-order valence-electron chi connectivity index (χ0n) is 16.6. The van der Waals surface area contributed by atoms with Crippen LogP contribution in [-0.2, 0) is 16.1 Å². The molecule has 0 N–H and O–H groups in total. The van der Waals surface area contributed by atoms with Crippen LogP contribution >= 0.6 is 22.7 Å². The molecule has 2 aromatic carbocycles. The molecule has 0 aliphatic carbocycles. The van der Waals surface area contributed by atoms with Crippen LogP contribution in [0.2, 0.25) is 0 Å². The number of nitrogens with zero attached hydrogens (tertiary/aromatic N) is 2. The van der Waals surface area contributed by atoms with Gasteiger partial charge in [-0.25, -0.2) is 9.78 Å². The third-order valence-electron chi connectivity index (χ3n) is 4.65. The third kappa shape index (κ3) is 4.27. The van der Waals surface area contributed by atoms with Crippen LogP contribution in [0.3, 0.4) is 0 Å². The van der Waals surface area contributed by atoms with Crippen LogP contribution in [0.5, 0.6) is 0 Å². The minimum atomic E-state index is -0.886. The highest BCUT2D eigenvalue weighted by molar-refractivity contribution is 7.18. The van der Waals surface area contributed by atoms with Crippen LogP contribution in [0.1, 0.15) is 21.6 Å². The van der Waals surface area contributed by atoms with E-state index in [1.807, 2.05) is 66.0 Å².